The van der Waals surface area contributed by atoms with Crippen LogP contribution in [0.4, 0.5) is 11.4 Å². The molecule has 0 unspecified atom stereocenters. The van der Waals surface area contributed by atoms with E-state index >= 15 is 0 Å². The Morgan fingerprint density at radius 3 is 2.35 bits per heavy atom. The SMILES string of the molecule is CS(=O)(=O)Nc1ccccc1N1CCN(C(=O)[C@@H](Cc2ccc(Cl)cc2)NC(=O)c2cc3ccccc3[nH]2)CC1.[HH]. The second-order valence-corrected chi connectivity index (χ2v) is 12.0. The van der Waals surface area contributed by atoms with Crippen molar-refractivity contribution in [2.75, 3.05) is 42.1 Å². The van der Waals surface area contributed by atoms with E-state index in [1.54, 1.807) is 35.2 Å². The van der Waals surface area contributed by atoms with Gasteiger partial charge in [0.05, 0.1) is 17.6 Å². The number of nitrogens with one attached hydrogen (secondary N) is 3. The molecule has 1 atom stereocenters. The average molecular weight is 582 g/mol. The summed E-state index contributed by atoms with van der Waals surface area (Å²) in [7, 11) is -3.44. The van der Waals surface area contributed by atoms with Crippen molar-refractivity contribution in [1.82, 2.24) is 15.2 Å². The zero-order chi connectivity index (χ0) is 28.3. The fourth-order valence-corrected chi connectivity index (χ4v) is 5.61. The van der Waals surface area contributed by atoms with Crippen molar-refractivity contribution in [1.29, 1.82) is 0 Å². The Kier molecular flexibility index (Phi) is 7.99. The lowest BCUT2D eigenvalue weighted by Crippen LogP contribution is -2.55. The number of halogens is 1. The molecule has 4 aromatic rings. The minimum absolute atomic E-state index is 0. The van der Waals surface area contributed by atoms with E-state index in [2.05, 4.69) is 19.9 Å². The number of fused-ring (bicyclic) bond motifs is 1. The number of piperazine rings is 1. The average Bonchev–Trinajstić information content (AvgIpc) is 3.38. The van der Waals surface area contributed by atoms with Crippen molar-refractivity contribution in [3.63, 3.8) is 0 Å². The molecule has 210 valence electrons. The van der Waals surface area contributed by atoms with Crippen LogP contribution in [-0.2, 0) is 21.2 Å². The van der Waals surface area contributed by atoms with E-state index in [0.717, 1.165) is 28.4 Å². The van der Waals surface area contributed by atoms with E-state index in [1.807, 2.05) is 48.5 Å². The van der Waals surface area contributed by atoms with Gasteiger partial charge < -0.3 is 20.1 Å². The molecule has 9 nitrogen and oxygen atoms in total. The van der Waals surface area contributed by atoms with Crippen LogP contribution in [0.15, 0.2) is 78.9 Å². The highest BCUT2D eigenvalue weighted by atomic mass is 35.5. The van der Waals surface area contributed by atoms with Gasteiger partial charge in [-0.15, -0.1) is 0 Å². The second kappa shape index (κ2) is 11.6. The summed E-state index contributed by atoms with van der Waals surface area (Å²) in [4.78, 5) is 33.9. The Morgan fingerprint density at radius 2 is 1.65 bits per heavy atom. The van der Waals surface area contributed by atoms with Crippen LogP contribution in [-0.4, -0.2) is 68.6 Å². The molecule has 1 fully saturated rings. The summed E-state index contributed by atoms with van der Waals surface area (Å²) in [6.07, 6.45) is 1.43. The molecule has 3 aromatic carbocycles. The number of carbonyl (C=O) groups excluding carboxylic acids is 2. The van der Waals surface area contributed by atoms with Crippen LogP contribution in [0.5, 0.6) is 0 Å². The van der Waals surface area contributed by atoms with Crippen LogP contribution < -0.4 is 14.9 Å². The number of hydrogen-bond donors (Lipinski definition) is 3. The van der Waals surface area contributed by atoms with E-state index < -0.39 is 16.1 Å². The highest BCUT2D eigenvalue weighted by Crippen LogP contribution is 2.27. The van der Waals surface area contributed by atoms with Gasteiger partial charge in [0, 0.05) is 50.0 Å². The Bertz CT molecular complexity index is 1600. The first-order valence-electron chi connectivity index (χ1n) is 12.9. The number of aromatic nitrogens is 1. The van der Waals surface area contributed by atoms with Gasteiger partial charge in [0.1, 0.15) is 11.7 Å². The second-order valence-electron chi connectivity index (χ2n) is 9.83. The van der Waals surface area contributed by atoms with E-state index in [0.29, 0.717) is 49.0 Å². The number of para-hydroxylation sites is 3. The molecule has 0 spiro atoms. The van der Waals surface area contributed by atoms with Gasteiger partial charge in [-0.1, -0.05) is 54.1 Å². The largest absolute Gasteiger partial charge is 0.366 e. The zero-order valence-corrected chi connectivity index (χ0v) is 23.5. The molecule has 1 aliphatic heterocycles. The van der Waals surface area contributed by atoms with E-state index in [4.69, 9.17) is 11.6 Å². The number of H-pyrrole nitrogens is 1. The third-order valence-electron chi connectivity index (χ3n) is 6.86. The molecule has 0 saturated carbocycles. The maximum Gasteiger partial charge on any atom is 0.268 e. The number of anilines is 2. The first kappa shape index (κ1) is 27.5. The predicted octanol–water partition coefficient (Wildman–Crippen LogP) is 4.13. The number of carbonyl (C=O) groups is 2. The fourth-order valence-electron chi connectivity index (χ4n) is 4.91. The lowest BCUT2D eigenvalue weighted by Gasteiger charge is -2.38. The standard InChI is InChI=1S/C29H30ClN5O4S.H2/c1-40(38,39)33-24-8-4-5-9-27(24)34-14-16-35(17-15-34)29(37)26(18-20-10-12-22(30)13-11-20)32-28(36)25-19-21-6-2-3-7-23(21)31-25;/h2-13,19,26,31,33H,14-18H2,1H3,(H,32,36);1H/t26-;/m1./s1. The summed E-state index contributed by atoms with van der Waals surface area (Å²) in [5.41, 5.74) is 3.35. The van der Waals surface area contributed by atoms with Crippen molar-refractivity contribution in [3.05, 3.63) is 95.1 Å². The predicted molar refractivity (Wildman–Crippen MR) is 161 cm³/mol. The van der Waals surface area contributed by atoms with Crippen LogP contribution >= 0.6 is 11.6 Å². The van der Waals surface area contributed by atoms with Gasteiger partial charge in [0.15, 0.2) is 0 Å². The zero-order valence-electron chi connectivity index (χ0n) is 21.9. The van der Waals surface area contributed by atoms with Crippen molar-refractivity contribution < 1.29 is 19.4 Å². The monoisotopic (exact) mass is 581 g/mol. The van der Waals surface area contributed by atoms with Gasteiger partial charge in [0.25, 0.3) is 5.91 Å². The van der Waals surface area contributed by atoms with Gasteiger partial charge >= 0.3 is 0 Å². The Hall–Kier alpha value is -4.02. The quantitative estimate of drug-likeness (QED) is 0.289. The van der Waals surface area contributed by atoms with Crippen LogP contribution in [0.25, 0.3) is 10.9 Å². The normalized spacial score (nSPS) is 14.7. The lowest BCUT2D eigenvalue weighted by molar-refractivity contribution is -0.133. The molecule has 11 heteroatoms. The number of benzene rings is 3. The Balaban J connectivity index is 0.00000387. The molecule has 2 heterocycles. The summed E-state index contributed by atoms with van der Waals surface area (Å²) in [5, 5.41) is 4.45. The van der Waals surface area contributed by atoms with Crippen LogP contribution in [0.1, 0.15) is 17.5 Å². The molecule has 3 N–H and O–H groups in total. The molecule has 1 aromatic heterocycles. The van der Waals surface area contributed by atoms with E-state index in [1.165, 1.54) is 0 Å². The summed E-state index contributed by atoms with van der Waals surface area (Å²) < 4.78 is 26.2. The molecule has 5 rings (SSSR count). The van der Waals surface area contributed by atoms with Crippen molar-refractivity contribution in [2.24, 2.45) is 0 Å². The Labute approximate surface area is 239 Å². The number of rotatable bonds is 8. The molecule has 40 heavy (non-hydrogen) atoms. The van der Waals surface area contributed by atoms with Gasteiger partial charge in [0.2, 0.25) is 15.9 Å². The van der Waals surface area contributed by atoms with Gasteiger partial charge in [-0.2, -0.15) is 0 Å². The molecule has 1 aliphatic rings. The highest BCUT2D eigenvalue weighted by molar-refractivity contribution is 7.92. The van der Waals surface area contributed by atoms with E-state index in [9.17, 15) is 18.0 Å². The number of sulfonamides is 1. The molecule has 2 amide bonds. The van der Waals surface area contributed by atoms with Crippen LogP contribution in [0.3, 0.4) is 0 Å². The maximum absolute atomic E-state index is 13.8. The first-order valence-corrected chi connectivity index (χ1v) is 15.2. The summed E-state index contributed by atoms with van der Waals surface area (Å²) in [5.74, 6) is -0.537. The Morgan fingerprint density at radius 1 is 0.975 bits per heavy atom. The summed E-state index contributed by atoms with van der Waals surface area (Å²) >= 11 is 6.05. The third-order valence-corrected chi connectivity index (χ3v) is 7.71. The minimum atomic E-state index is -3.44. The maximum atomic E-state index is 13.8. The first-order chi connectivity index (χ1) is 19.2. The van der Waals surface area contributed by atoms with Crippen LogP contribution in [0, 0.1) is 0 Å². The van der Waals surface area contributed by atoms with Gasteiger partial charge in [-0.3, -0.25) is 14.3 Å². The minimum Gasteiger partial charge on any atom is -0.366 e. The molecule has 0 bridgehead atoms. The van der Waals surface area contributed by atoms with Crippen LogP contribution in [0.2, 0.25) is 5.02 Å². The number of nitrogens with zero attached hydrogens (tertiary/aromatic N) is 2. The lowest BCUT2D eigenvalue weighted by atomic mass is 10.0. The highest BCUT2D eigenvalue weighted by Gasteiger charge is 2.30. The molecule has 0 radical (unpaired) electrons. The smallest absolute Gasteiger partial charge is 0.268 e. The molecular formula is C29H32ClN5O4S. The summed E-state index contributed by atoms with van der Waals surface area (Å²) in [6.45, 7) is 1.87. The summed E-state index contributed by atoms with van der Waals surface area (Å²) in [6, 6.07) is 23.0. The number of amides is 2. The van der Waals surface area contributed by atoms with Crippen molar-refractivity contribution >= 4 is 55.7 Å². The number of hydrogen-bond acceptors (Lipinski definition) is 5. The van der Waals surface area contributed by atoms with Crippen molar-refractivity contribution in [3.8, 4) is 0 Å². The van der Waals surface area contributed by atoms with Gasteiger partial charge in [-0.05, 0) is 42.0 Å². The van der Waals surface area contributed by atoms with Crippen molar-refractivity contribution in [2.45, 2.75) is 12.5 Å². The third kappa shape index (κ3) is 6.57. The van der Waals surface area contributed by atoms with Gasteiger partial charge in [-0.25, -0.2) is 8.42 Å². The number of aromatic amines is 1. The molecular weight excluding hydrogens is 550 g/mol. The fraction of sp³-hybridized carbons (Fsp3) is 0.241. The topological polar surface area (TPSA) is 115 Å². The molecule has 0 aliphatic carbocycles. The molecule has 1 saturated heterocycles. The van der Waals surface area contributed by atoms with E-state index in [-0.39, 0.29) is 13.2 Å².